The maximum Gasteiger partial charge on any atom is 0.243 e. The lowest BCUT2D eigenvalue weighted by molar-refractivity contribution is 0.250. The highest BCUT2D eigenvalue weighted by molar-refractivity contribution is 7.89. The second-order valence-corrected chi connectivity index (χ2v) is 8.01. The van der Waals surface area contributed by atoms with Crippen molar-refractivity contribution in [2.24, 2.45) is 11.7 Å². The number of piperidine rings is 1. The van der Waals surface area contributed by atoms with Crippen LogP contribution in [0, 0.1) is 5.92 Å². The molecule has 7 heteroatoms. The van der Waals surface area contributed by atoms with E-state index in [1.54, 1.807) is 18.2 Å². The first-order chi connectivity index (χ1) is 11.4. The summed E-state index contributed by atoms with van der Waals surface area (Å²) in [6.07, 6.45) is 1.60. The maximum atomic E-state index is 12.9. The highest BCUT2D eigenvalue weighted by Crippen LogP contribution is 2.32. The summed E-state index contributed by atoms with van der Waals surface area (Å²) < 4.78 is 38.3. The molecule has 2 N–H and O–H groups in total. The summed E-state index contributed by atoms with van der Waals surface area (Å²) in [5.74, 6) is 1.41. The molecular weight excluding hydrogens is 328 g/mol. The molecule has 1 saturated heterocycles. The average molecular weight is 356 g/mol. The van der Waals surface area contributed by atoms with Crippen molar-refractivity contribution < 1.29 is 17.9 Å². The molecule has 1 unspecified atom stereocenters. The third kappa shape index (κ3) is 4.20. The minimum absolute atomic E-state index is 0.102. The van der Waals surface area contributed by atoms with E-state index in [4.69, 9.17) is 15.2 Å². The van der Waals surface area contributed by atoms with E-state index in [-0.39, 0.29) is 10.9 Å². The quantitative estimate of drug-likeness (QED) is 0.810. The average Bonchev–Trinajstić information content (AvgIpc) is 2.57. The third-order valence-electron chi connectivity index (χ3n) is 4.39. The van der Waals surface area contributed by atoms with Crippen molar-refractivity contribution in [1.29, 1.82) is 0 Å². The first-order valence-corrected chi connectivity index (χ1v) is 9.99. The van der Waals surface area contributed by atoms with Gasteiger partial charge in [0.05, 0.1) is 18.1 Å². The highest BCUT2D eigenvalue weighted by Gasteiger charge is 2.31. The molecule has 1 aromatic carbocycles. The van der Waals surface area contributed by atoms with Crippen LogP contribution < -0.4 is 15.2 Å². The van der Waals surface area contributed by atoms with E-state index < -0.39 is 10.0 Å². The number of rotatable bonds is 7. The van der Waals surface area contributed by atoms with Crippen molar-refractivity contribution >= 4 is 10.0 Å². The second kappa shape index (κ2) is 8.18. The maximum absolute atomic E-state index is 12.9. The van der Waals surface area contributed by atoms with E-state index >= 15 is 0 Å². The number of ether oxygens (including phenoxy) is 2. The van der Waals surface area contributed by atoms with E-state index in [9.17, 15) is 8.42 Å². The normalized spacial score (nSPS) is 18.3. The molecule has 0 aliphatic carbocycles. The molecule has 0 amide bonds. The molecule has 6 nitrogen and oxygen atoms in total. The number of benzene rings is 1. The van der Waals surface area contributed by atoms with Crippen LogP contribution in [0.5, 0.6) is 11.5 Å². The molecule has 24 heavy (non-hydrogen) atoms. The minimum atomic E-state index is -3.53. The van der Waals surface area contributed by atoms with E-state index in [0.29, 0.717) is 43.7 Å². The largest absolute Gasteiger partial charge is 0.490 e. The number of hydrogen-bond acceptors (Lipinski definition) is 5. The molecule has 0 aromatic heterocycles. The van der Waals surface area contributed by atoms with Crippen molar-refractivity contribution in [3.05, 3.63) is 18.2 Å². The van der Waals surface area contributed by atoms with Crippen molar-refractivity contribution in [3.63, 3.8) is 0 Å². The van der Waals surface area contributed by atoms with Crippen LogP contribution in [0.2, 0.25) is 0 Å². The van der Waals surface area contributed by atoms with Crippen LogP contribution in [-0.4, -0.2) is 45.1 Å². The lowest BCUT2D eigenvalue weighted by Crippen LogP contribution is -2.42. The zero-order valence-electron chi connectivity index (χ0n) is 14.7. The van der Waals surface area contributed by atoms with E-state index in [2.05, 4.69) is 0 Å². The Morgan fingerprint density at radius 3 is 2.29 bits per heavy atom. The molecule has 1 aliphatic heterocycles. The molecule has 0 bridgehead atoms. The van der Waals surface area contributed by atoms with Gasteiger partial charge in [0.1, 0.15) is 0 Å². The number of sulfonamides is 1. The Kier molecular flexibility index (Phi) is 6.48. The predicted molar refractivity (Wildman–Crippen MR) is 93.9 cm³/mol. The number of hydrogen-bond donors (Lipinski definition) is 1. The highest BCUT2D eigenvalue weighted by atomic mass is 32.2. The van der Waals surface area contributed by atoms with Crippen LogP contribution in [0.25, 0.3) is 0 Å². The molecule has 0 saturated carbocycles. The van der Waals surface area contributed by atoms with Gasteiger partial charge in [-0.25, -0.2) is 8.42 Å². The fraction of sp³-hybridized carbons (Fsp3) is 0.647. The molecule has 0 radical (unpaired) electrons. The molecule has 2 rings (SSSR count). The molecule has 136 valence electrons. The molecule has 1 aromatic rings. The summed E-state index contributed by atoms with van der Waals surface area (Å²) in [6.45, 7) is 7.67. The van der Waals surface area contributed by atoms with Crippen molar-refractivity contribution in [3.8, 4) is 11.5 Å². The smallest absolute Gasteiger partial charge is 0.243 e. The van der Waals surface area contributed by atoms with E-state index in [1.807, 2.05) is 20.8 Å². The lowest BCUT2D eigenvalue weighted by Gasteiger charge is -2.33. The summed E-state index contributed by atoms with van der Waals surface area (Å²) in [6, 6.07) is 4.91. The third-order valence-corrected chi connectivity index (χ3v) is 6.29. The molecule has 1 aliphatic rings. The van der Waals surface area contributed by atoms with Gasteiger partial charge in [-0.3, -0.25) is 0 Å². The Morgan fingerprint density at radius 2 is 1.75 bits per heavy atom. The number of nitrogens with zero attached hydrogens (tertiary/aromatic N) is 1. The van der Waals surface area contributed by atoms with Crippen LogP contribution in [0.4, 0.5) is 0 Å². The van der Waals surface area contributed by atoms with Crippen LogP contribution in [0.15, 0.2) is 23.1 Å². The van der Waals surface area contributed by atoms with Gasteiger partial charge in [-0.1, -0.05) is 0 Å². The van der Waals surface area contributed by atoms with Crippen molar-refractivity contribution in [2.75, 3.05) is 26.3 Å². The van der Waals surface area contributed by atoms with Crippen LogP contribution in [0.1, 0.15) is 33.6 Å². The molecule has 1 heterocycles. The SMILES string of the molecule is CCOc1ccc(S(=O)(=O)N2CCC(C(C)N)CC2)cc1OCC. The molecule has 1 atom stereocenters. The fourth-order valence-corrected chi connectivity index (χ4v) is 4.47. The summed E-state index contributed by atoms with van der Waals surface area (Å²) in [5, 5.41) is 0. The summed E-state index contributed by atoms with van der Waals surface area (Å²) in [5.41, 5.74) is 5.93. The van der Waals surface area contributed by atoms with E-state index in [0.717, 1.165) is 12.8 Å². The van der Waals surface area contributed by atoms with Gasteiger partial charge in [-0.05, 0) is 51.7 Å². The van der Waals surface area contributed by atoms with Gasteiger partial charge in [0, 0.05) is 25.2 Å². The minimum Gasteiger partial charge on any atom is -0.490 e. The lowest BCUT2D eigenvalue weighted by atomic mass is 9.92. The summed E-state index contributed by atoms with van der Waals surface area (Å²) >= 11 is 0. The Bertz CT molecular complexity index is 638. The topological polar surface area (TPSA) is 81.9 Å². The Labute approximate surface area is 145 Å². The van der Waals surface area contributed by atoms with Crippen LogP contribution in [0.3, 0.4) is 0 Å². The van der Waals surface area contributed by atoms with E-state index in [1.165, 1.54) is 4.31 Å². The number of nitrogens with two attached hydrogens (primary N) is 1. The zero-order chi connectivity index (χ0) is 17.7. The Balaban J connectivity index is 2.21. The molecular formula is C17H28N2O4S. The zero-order valence-corrected chi connectivity index (χ0v) is 15.5. The summed E-state index contributed by atoms with van der Waals surface area (Å²) in [7, 11) is -3.53. The Morgan fingerprint density at radius 1 is 1.17 bits per heavy atom. The van der Waals surface area contributed by atoms with Gasteiger partial charge in [-0.2, -0.15) is 4.31 Å². The standard InChI is InChI=1S/C17H28N2O4S/c1-4-22-16-7-6-15(12-17(16)23-5-2)24(20,21)19-10-8-14(9-11-19)13(3)18/h6-7,12-14H,4-5,8-11,18H2,1-3H3. The van der Waals surface area contributed by atoms with Gasteiger partial charge >= 0.3 is 0 Å². The van der Waals surface area contributed by atoms with Gasteiger partial charge in [0.25, 0.3) is 0 Å². The Hall–Kier alpha value is -1.31. The van der Waals surface area contributed by atoms with Gasteiger partial charge in [0.2, 0.25) is 10.0 Å². The molecule has 1 fully saturated rings. The fourth-order valence-electron chi connectivity index (χ4n) is 2.98. The van der Waals surface area contributed by atoms with Crippen LogP contribution in [-0.2, 0) is 10.0 Å². The van der Waals surface area contributed by atoms with Gasteiger partial charge in [-0.15, -0.1) is 0 Å². The summed E-state index contributed by atoms with van der Waals surface area (Å²) in [4.78, 5) is 0.244. The van der Waals surface area contributed by atoms with Crippen LogP contribution >= 0.6 is 0 Å². The van der Waals surface area contributed by atoms with Gasteiger partial charge < -0.3 is 15.2 Å². The first kappa shape index (κ1) is 19.0. The van der Waals surface area contributed by atoms with Crippen molar-refractivity contribution in [2.45, 2.75) is 44.6 Å². The first-order valence-electron chi connectivity index (χ1n) is 8.55. The van der Waals surface area contributed by atoms with Gasteiger partial charge in [0.15, 0.2) is 11.5 Å². The predicted octanol–water partition coefficient (Wildman–Crippen LogP) is 2.23. The monoisotopic (exact) mass is 356 g/mol. The second-order valence-electron chi connectivity index (χ2n) is 6.08. The molecule has 0 spiro atoms. The van der Waals surface area contributed by atoms with Crippen molar-refractivity contribution in [1.82, 2.24) is 4.31 Å².